The number of benzene rings is 2. The summed E-state index contributed by atoms with van der Waals surface area (Å²) in [5, 5.41) is 31.4. The summed E-state index contributed by atoms with van der Waals surface area (Å²) in [6, 6.07) is 18.0. The molecule has 2 rings (SSSR count). The van der Waals surface area contributed by atoms with E-state index in [-0.39, 0.29) is 49.2 Å². The smallest absolute Gasteiger partial charge is 0.549 e. The Morgan fingerprint density at radius 1 is 0.875 bits per heavy atom. The Morgan fingerprint density at radius 3 is 1.58 bits per heavy atom. The summed E-state index contributed by atoms with van der Waals surface area (Å²) in [7, 11) is 0. The number of aliphatic hydroxyl groups excluding tert-OH is 2. The number of carboxylic acids is 1. The van der Waals surface area contributed by atoms with Crippen LogP contribution in [0.25, 0.3) is 0 Å². The van der Waals surface area contributed by atoms with Crippen molar-refractivity contribution in [1.82, 2.24) is 4.90 Å². The van der Waals surface area contributed by atoms with Gasteiger partial charge in [0.25, 0.3) is 0 Å². The van der Waals surface area contributed by atoms with Gasteiger partial charge in [-0.2, -0.15) is 0 Å². The first-order chi connectivity index (χ1) is 11.1. The van der Waals surface area contributed by atoms with Crippen molar-refractivity contribution < 1.29 is 49.7 Å². The summed E-state index contributed by atoms with van der Waals surface area (Å²) >= 11 is 0. The molecule has 6 heteroatoms. The minimum atomic E-state index is -1.24. The van der Waals surface area contributed by atoms with Crippen LogP contribution in [-0.4, -0.2) is 40.7 Å². The Kier molecular flexibility index (Phi) is 9.21. The van der Waals surface area contributed by atoms with Gasteiger partial charge in [-0.05, 0) is 11.1 Å². The quantitative estimate of drug-likeness (QED) is 0.521. The van der Waals surface area contributed by atoms with Gasteiger partial charge in [0.2, 0.25) is 0 Å². The first kappa shape index (κ1) is 20.8. The van der Waals surface area contributed by atoms with Gasteiger partial charge in [0.1, 0.15) is 0 Å². The molecule has 0 fully saturated rings. The molecule has 0 radical (unpaired) electrons. The predicted molar refractivity (Wildman–Crippen MR) is 84.3 cm³/mol. The topological polar surface area (TPSA) is 83.8 Å². The molecule has 122 valence electrons. The number of carbonyl (C=O) groups excluding carboxylic acids is 1. The molecule has 2 unspecified atom stereocenters. The summed E-state index contributed by atoms with van der Waals surface area (Å²) in [6.07, 6.45) is -1.67. The molecule has 0 spiro atoms. The van der Waals surface area contributed by atoms with Crippen LogP contribution in [0.2, 0.25) is 0 Å². The van der Waals surface area contributed by atoms with Crippen LogP contribution in [0.3, 0.4) is 0 Å². The minimum absolute atomic E-state index is 0. The molecule has 2 N–H and O–H groups in total. The van der Waals surface area contributed by atoms with E-state index in [9.17, 15) is 20.1 Å². The summed E-state index contributed by atoms with van der Waals surface area (Å²) in [4.78, 5) is 12.4. The molecule has 0 aromatic heterocycles. The Balaban J connectivity index is 0.00000288. The Morgan fingerprint density at radius 2 is 1.25 bits per heavy atom. The van der Waals surface area contributed by atoms with E-state index in [2.05, 4.69) is 0 Å². The van der Waals surface area contributed by atoms with Gasteiger partial charge >= 0.3 is 29.6 Å². The number of aliphatic carboxylic acids is 1. The van der Waals surface area contributed by atoms with E-state index in [1.54, 1.807) is 48.5 Å². The summed E-state index contributed by atoms with van der Waals surface area (Å²) in [6.45, 7) is -0.155. The van der Waals surface area contributed by atoms with Crippen LogP contribution in [0, 0.1) is 0 Å². The molecule has 2 aromatic carbocycles. The zero-order valence-electron chi connectivity index (χ0n) is 13.7. The van der Waals surface area contributed by atoms with Gasteiger partial charge in [-0.15, -0.1) is 0 Å². The zero-order chi connectivity index (χ0) is 16.7. The third-order valence-corrected chi connectivity index (χ3v) is 3.58. The number of rotatable bonds is 8. The molecule has 5 nitrogen and oxygen atoms in total. The number of nitrogens with zero attached hydrogens (tertiary/aromatic N) is 1. The van der Waals surface area contributed by atoms with Gasteiger partial charge in [-0.1, -0.05) is 60.7 Å². The molecular formula is C18H20NNaO4. The molecule has 0 amide bonds. The van der Waals surface area contributed by atoms with Gasteiger partial charge in [0.05, 0.1) is 18.2 Å². The van der Waals surface area contributed by atoms with Crippen molar-refractivity contribution in [2.45, 2.75) is 12.2 Å². The van der Waals surface area contributed by atoms with E-state index >= 15 is 0 Å². The Labute approximate surface area is 163 Å². The third-order valence-electron chi connectivity index (χ3n) is 3.58. The van der Waals surface area contributed by atoms with Crippen molar-refractivity contribution in [2.24, 2.45) is 0 Å². The fourth-order valence-electron chi connectivity index (χ4n) is 2.44. The second kappa shape index (κ2) is 10.6. The fraction of sp³-hybridized carbons (Fsp3) is 0.278. The fourth-order valence-corrected chi connectivity index (χ4v) is 2.44. The number of aliphatic hydroxyl groups is 2. The summed E-state index contributed by atoms with van der Waals surface area (Å²) < 4.78 is 0. The van der Waals surface area contributed by atoms with E-state index in [0.29, 0.717) is 11.1 Å². The standard InChI is InChI=1S/C18H21NO4.Na/c20-16(14-7-3-1-4-8-14)11-19(13-18(22)23)12-17(21)15-9-5-2-6-10-15;/h1-10,16-17,20-21H,11-13H2,(H,22,23);/q;+1/p-1. The van der Waals surface area contributed by atoms with Gasteiger partial charge in [-0.3, -0.25) is 4.90 Å². The van der Waals surface area contributed by atoms with Gasteiger partial charge in [-0.25, -0.2) is 0 Å². The molecule has 24 heavy (non-hydrogen) atoms. The number of hydrogen-bond donors (Lipinski definition) is 2. The molecule has 0 aliphatic rings. The molecule has 0 bridgehead atoms. The van der Waals surface area contributed by atoms with Crippen molar-refractivity contribution in [3.05, 3.63) is 71.8 Å². The van der Waals surface area contributed by atoms with Crippen LogP contribution in [0.5, 0.6) is 0 Å². The first-order valence-electron chi connectivity index (χ1n) is 7.44. The van der Waals surface area contributed by atoms with Crippen LogP contribution in [0.4, 0.5) is 0 Å². The number of carboxylic acid groups (broad SMARTS) is 1. The van der Waals surface area contributed by atoms with Crippen LogP contribution in [0.1, 0.15) is 23.3 Å². The third kappa shape index (κ3) is 6.73. The van der Waals surface area contributed by atoms with Crippen LogP contribution < -0.4 is 34.7 Å². The summed E-state index contributed by atoms with van der Waals surface area (Å²) in [5.41, 5.74) is 1.40. The first-order valence-corrected chi connectivity index (χ1v) is 7.44. The van der Waals surface area contributed by atoms with E-state index in [1.165, 1.54) is 4.90 Å². The molecule has 2 atom stereocenters. The average molecular weight is 337 g/mol. The van der Waals surface area contributed by atoms with Crippen molar-refractivity contribution in [2.75, 3.05) is 19.6 Å². The molecule has 2 aromatic rings. The predicted octanol–water partition coefficient (Wildman–Crippen LogP) is -2.49. The van der Waals surface area contributed by atoms with Gasteiger partial charge in [0.15, 0.2) is 0 Å². The molecule has 0 saturated carbocycles. The normalized spacial score (nSPS) is 13.1. The van der Waals surface area contributed by atoms with Crippen LogP contribution in [-0.2, 0) is 4.79 Å². The molecule has 0 aliphatic carbocycles. The van der Waals surface area contributed by atoms with Crippen molar-refractivity contribution in [3.63, 3.8) is 0 Å². The summed E-state index contributed by atoms with van der Waals surface area (Å²) in [5.74, 6) is -1.24. The maximum absolute atomic E-state index is 10.9. The van der Waals surface area contributed by atoms with E-state index in [0.717, 1.165) is 0 Å². The molecule has 0 heterocycles. The largest absolute Gasteiger partial charge is 1.00 e. The Bertz CT molecular complexity index is 561. The van der Waals surface area contributed by atoms with Crippen molar-refractivity contribution in [3.8, 4) is 0 Å². The van der Waals surface area contributed by atoms with Crippen molar-refractivity contribution >= 4 is 5.97 Å². The number of carbonyl (C=O) groups is 1. The second-order valence-corrected chi connectivity index (χ2v) is 5.42. The van der Waals surface area contributed by atoms with E-state index in [1.807, 2.05) is 12.1 Å². The van der Waals surface area contributed by atoms with E-state index < -0.39 is 18.2 Å². The second-order valence-electron chi connectivity index (χ2n) is 5.42. The monoisotopic (exact) mass is 337 g/mol. The van der Waals surface area contributed by atoms with Gasteiger partial charge in [0, 0.05) is 19.6 Å². The Hall–Kier alpha value is -1.21. The van der Waals surface area contributed by atoms with Crippen LogP contribution >= 0.6 is 0 Å². The average Bonchev–Trinajstić information content (AvgIpc) is 2.55. The molecule has 0 saturated heterocycles. The minimum Gasteiger partial charge on any atom is -0.549 e. The zero-order valence-corrected chi connectivity index (χ0v) is 15.7. The van der Waals surface area contributed by atoms with E-state index in [4.69, 9.17) is 0 Å². The molecule has 0 aliphatic heterocycles. The number of hydrogen-bond acceptors (Lipinski definition) is 5. The molecular weight excluding hydrogens is 317 g/mol. The SMILES string of the molecule is O=C([O-])CN(CC(O)c1ccccc1)CC(O)c1ccccc1.[Na+]. The maximum Gasteiger partial charge on any atom is 1.00 e. The van der Waals surface area contributed by atoms with Crippen molar-refractivity contribution in [1.29, 1.82) is 0 Å². The maximum atomic E-state index is 10.9. The van der Waals surface area contributed by atoms with Gasteiger partial charge < -0.3 is 20.1 Å². The van der Waals surface area contributed by atoms with Crippen LogP contribution in [0.15, 0.2) is 60.7 Å².